The second kappa shape index (κ2) is 6.64. The number of benzene rings is 1. The van der Waals surface area contributed by atoms with Crippen molar-refractivity contribution >= 4 is 11.3 Å². The normalized spacial score (nSPS) is 12.6. The Hall–Kier alpha value is -1.23. The maximum Gasteiger partial charge on any atom is 0.0897 e. The molecule has 0 spiro atoms. The van der Waals surface area contributed by atoms with Crippen molar-refractivity contribution in [3.63, 3.8) is 0 Å². The lowest BCUT2D eigenvalue weighted by atomic mass is 10.1. The zero-order valence-electron chi connectivity index (χ0n) is 10.6. The third kappa shape index (κ3) is 3.91. The molecule has 3 N–H and O–H groups in total. The lowest BCUT2D eigenvalue weighted by Gasteiger charge is -2.12. The van der Waals surface area contributed by atoms with Gasteiger partial charge in [0.1, 0.15) is 0 Å². The molecule has 0 fully saturated rings. The van der Waals surface area contributed by atoms with Gasteiger partial charge in [-0.25, -0.2) is 4.98 Å². The Kier molecular flexibility index (Phi) is 4.87. The van der Waals surface area contributed by atoms with E-state index in [0.29, 0.717) is 0 Å². The molecule has 3 nitrogen and oxygen atoms in total. The lowest BCUT2D eigenvalue weighted by molar-refractivity contribution is 0.576. The standard InChI is InChI=1S/C14H19N3S/c1-11-17-13(10-18-11)9-16-8-7-14(15)12-5-3-2-4-6-12/h2-6,10,14,16H,7-9,15H2,1H3. The third-order valence-electron chi connectivity index (χ3n) is 2.83. The number of hydrogen-bond acceptors (Lipinski definition) is 4. The summed E-state index contributed by atoms with van der Waals surface area (Å²) in [5.41, 5.74) is 8.44. The lowest BCUT2D eigenvalue weighted by Crippen LogP contribution is -2.20. The van der Waals surface area contributed by atoms with Crippen LogP contribution in [0.5, 0.6) is 0 Å². The number of thiazole rings is 1. The van der Waals surface area contributed by atoms with Crippen LogP contribution in [0.4, 0.5) is 0 Å². The minimum absolute atomic E-state index is 0.107. The van der Waals surface area contributed by atoms with Gasteiger partial charge in [-0.3, -0.25) is 0 Å². The van der Waals surface area contributed by atoms with Crippen molar-refractivity contribution in [3.05, 3.63) is 52.0 Å². The molecule has 0 aliphatic heterocycles. The van der Waals surface area contributed by atoms with Gasteiger partial charge in [0, 0.05) is 18.0 Å². The Bertz CT molecular complexity index is 467. The van der Waals surface area contributed by atoms with Gasteiger partial charge >= 0.3 is 0 Å². The number of nitrogens with one attached hydrogen (secondary N) is 1. The molecule has 0 bridgehead atoms. The van der Waals surface area contributed by atoms with E-state index in [-0.39, 0.29) is 6.04 Å². The monoisotopic (exact) mass is 261 g/mol. The van der Waals surface area contributed by atoms with Crippen LogP contribution in [0.3, 0.4) is 0 Å². The molecule has 18 heavy (non-hydrogen) atoms. The molecule has 1 aromatic carbocycles. The highest BCUT2D eigenvalue weighted by atomic mass is 32.1. The fourth-order valence-electron chi connectivity index (χ4n) is 1.83. The Morgan fingerprint density at radius 2 is 2.11 bits per heavy atom. The predicted octanol–water partition coefficient (Wildman–Crippen LogP) is 2.63. The Morgan fingerprint density at radius 3 is 2.78 bits per heavy atom. The van der Waals surface area contributed by atoms with Crippen LogP contribution < -0.4 is 11.1 Å². The first kappa shape index (κ1) is 13.2. The van der Waals surface area contributed by atoms with Gasteiger partial charge in [-0.15, -0.1) is 11.3 Å². The van der Waals surface area contributed by atoms with Crippen LogP contribution in [-0.2, 0) is 6.54 Å². The summed E-state index contributed by atoms with van der Waals surface area (Å²) in [6.07, 6.45) is 0.938. The molecule has 2 aromatic rings. The third-order valence-corrected chi connectivity index (χ3v) is 3.65. The number of nitrogens with zero attached hydrogens (tertiary/aromatic N) is 1. The number of aryl methyl sites for hydroxylation is 1. The molecule has 0 radical (unpaired) electrons. The fraction of sp³-hybridized carbons (Fsp3) is 0.357. The van der Waals surface area contributed by atoms with E-state index >= 15 is 0 Å². The first-order chi connectivity index (χ1) is 8.75. The van der Waals surface area contributed by atoms with E-state index in [4.69, 9.17) is 5.73 Å². The predicted molar refractivity (Wildman–Crippen MR) is 76.5 cm³/mol. The zero-order chi connectivity index (χ0) is 12.8. The van der Waals surface area contributed by atoms with Crippen molar-refractivity contribution in [2.45, 2.75) is 25.9 Å². The summed E-state index contributed by atoms with van der Waals surface area (Å²) in [6, 6.07) is 10.3. The Balaban J connectivity index is 1.69. The molecule has 2 rings (SSSR count). The molecule has 1 heterocycles. The molecule has 1 aromatic heterocycles. The minimum Gasteiger partial charge on any atom is -0.324 e. The molecular formula is C14H19N3S. The van der Waals surface area contributed by atoms with Gasteiger partial charge in [0.25, 0.3) is 0 Å². The van der Waals surface area contributed by atoms with Crippen molar-refractivity contribution in [3.8, 4) is 0 Å². The Morgan fingerprint density at radius 1 is 1.33 bits per heavy atom. The van der Waals surface area contributed by atoms with E-state index in [0.717, 1.165) is 30.2 Å². The summed E-state index contributed by atoms with van der Waals surface area (Å²) >= 11 is 1.69. The molecule has 1 unspecified atom stereocenters. The molecule has 0 aliphatic carbocycles. The van der Waals surface area contributed by atoms with E-state index in [1.54, 1.807) is 11.3 Å². The molecule has 0 saturated carbocycles. The summed E-state index contributed by atoms with van der Waals surface area (Å²) in [5, 5.41) is 6.59. The number of rotatable bonds is 6. The summed E-state index contributed by atoms with van der Waals surface area (Å²) in [7, 11) is 0. The van der Waals surface area contributed by atoms with Crippen LogP contribution in [0.15, 0.2) is 35.7 Å². The van der Waals surface area contributed by atoms with E-state index in [1.165, 1.54) is 5.56 Å². The first-order valence-corrected chi connectivity index (χ1v) is 7.06. The molecule has 1 atom stereocenters. The highest BCUT2D eigenvalue weighted by Crippen LogP contribution is 2.12. The van der Waals surface area contributed by atoms with Crippen molar-refractivity contribution in [1.82, 2.24) is 10.3 Å². The van der Waals surface area contributed by atoms with Gasteiger partial charge in [0.15, 0.2) is 0 Å². The Labute approximate surface area is 112 Å². The molecule has 0 saturated heterocycles. The average molecular weight is 261 g/mol. The van der Waals surface area contributed by atoms with Crippen LogP contribution >= 0.6 is 11.3 Å². The second-order valence-corrected chi connectivity index (χ2v) is 5.40. The van der Waals surface area contributed by atoms with Crippen LogP contribution in [0.2, 0.25) is 0 Å². The zero-order valence-corrected chi connectivity index (χ0v) is 11.4. The maximum atomic E-state index is 6.13. The van der Waals surface area contributed by atoms with Crippen molar-refractivity contribution in [2.75, 3.05) is 6.54 Å². The van der Waals surface area contributed by atoms with Crippen LogP contribution in [0, 0.1) is 6.92 Å². The SMILES string of the molecule is Cc1nc(CNCCC(N)c2ccccc2)cs1. The molecule has 0 aliphatic rings. The van der Waals surface area contributed by atoms with Crippen LogP contribution in [-0.4, -0.2) is 11.5 Å². The molecule has 4 heteroatoms. The van der Waals surface area contributed by atoms with Gasteiger partial charge < -0.3 is 11.1 Å². The molecule has 0 amide bonds. The minimum atomic E-state index is 0.107. The highest BCUT2D eigenvalue weighted by molar-refractivity contribution is 7.09. The van der Waals surface area contributed by atoms with Crippen LogP contribution in [0.1, 0.15) is 28.7 Å². The van der Waals surface area contributed by atoms with Gasteiger partial charge in [-0.05, 0) is 25.5 Å². The highest BCUT2D eigenvalue weighted by Gasteiger charge is 2.04. The van der Waals surface area contributed by atoms with E-state index in [2.05, 4.69) is 27.8 Å². The van der Waals surface area contributed by atoms with Gasteiger partial charge in [-0.1, -0.05) is 30.3 Å². The average Bonchev–Trinajstić information content (AvgIpc) is 2.81. The first-order valence-electron chi connectivity index (χ1n) is 6.18. The molecular weight excluding hydrogens is 242 g/mol. The fourth-order valence-corrected chi connectivity index (χ4v) is 2.44. The molecule has 96 valence electrons. The van der Waals surface area contributed by atoms with E-state index in [9.17, 15) is 0 Å². The van der Waals surface area contributed by atoms with Gasteiger partial charge in [0.05, 0.1) is 10.7 Å². The number of nitrogens with two attached hydrogens (primary N) is 1. The maximum absolute atomic E-state index is 6.13. The summed E-state index contributed by atoms with van der Waals surface area (Å²) in [4.78, 5) is 4.41. The van der Waals surface area contributed by atoms with E-state index < -0.39 is 0 Å². The quantitative estimate of drug-likeness (QED) is 0.786. The second-order valence-electron chi connectivity index (χ2n) is 4.34. The largest absolute Gasteiger partial charge is 0.324 e. The topological polar surface area (TPSA) is 50.9 Å². The van der Waals surface area contributed by atoms with Crippen LogP contribution in [0.25, 0.3) is 0 Å². The summed E-state index contributed by atoms with van der Waals surface area (Å²) < 4.78 is 0. The van der Waals surface area contributed by atoms with Gasteiger partial charge in [-0.2, -0.15) is 0 Å². The van der Waals surface area contributed by atoms with E-state index in [1.807, 2.05) is 25.1 Å². The van der Waals surface area contributed by atoms with Crippen molar-refractivity contribution < 1.29 is 0 Å². The number of hydrogen-bond donors (Lipinski definition) is 2. The smallest absolute Gasteiger partial charge is 0.0897 e. The number of aromatic nitrogens is 1. The van der Waals surface area contributed by atoms with Crippen molar-refractivity contribution in [1.29, 1.82) is 0 Å². The van der Waals surface area contributed by atoms with Crippen molar-refractivity contribution in [2.24, 2.45) is 5.73 Å². The summed E-state index contributed by atoms with van der Waals surface area (Å²) in [5.74, 6) is 0. The van der Waals surface area contributed by atoms with Gasteiger partial charge in [0.2, 0.25) is 0 Å². The summed E-state index contributed by atoms with van der Waals surface area (Å²) in [6.45, 7) is 3.76.